The lowest BCUT2D eigenvalue weighted by atomic mass is 10.0. The van der Waals surface area contributed by atoms with Crippen LogP contribution in [0.15, 0.2) is 121 Å². The smallest absolute Gasteiger partial charge is 0.350 e. The minimum absolute atomic E-state index is 0.0253. The van der Waals surface area contributed by atoms with Gasteiger partial charge < -0.3 is 35.1 Å². The number of aromatic nitrogens is 6. The van der Waals surface area contributed by atoms with Crippen molar-refractivity contribution in [1.29, 1.82) is 0 Å². The fourth-order valence-electron chi connectivity index (χ4n) is 7.70. The molecule has 2 aliphatic heterocycles. The molecule has 16 heteroatoms. The molecule has 8 rings (SSSR count). The number of ether oxygens (including phenoxy) is 3. The van der Waals surface area contributed by atoms with Crippen LogP contribution in [0, 0.1) is 11.6 Å². The molecule has 0 amide bonds. The third kappa shape index (κ3) is 8.76. The molecule has 0 bridgehead atoms. The van der Waals surface area contributed by atoms with E-state index in [9.17, 15) is 13.6 Å². The molecule has 308 valence electrons. The van der Waals surface area contributed by atoms with Crippen LogP contribution >= 0.6 is 0 Å². The van der Waals surface area contributed by atoms with Crippen LogP contribution in [0.1, 0.15) is 37.1 Å². The zero-order valence-corrected chi connectivity index (χ0v) is 33.0. The molecule has 2 fully saturated rings. The first-order valence-electron chi connectivity index (χ1n) is 19.8. The van der Waals surface area contributed by atoms with E-state index in [0.29, 0.717) is 12.3 Å². The van der Waals surface area contributed by atoms with E-state index in [1.807, 2.05) is 92.7 Å². The highest BCUT2D eigenvalue weighted by Crippen LogP contribution is 2.38. The number of anilines is 2. The standard InChI is InChI=1S/C43H48F2N10O4/c1-30(50-41(23-46)32-6-4-3-5-7-32)31(2)55-42(56)54(29-49-55)36-11-9-34(10-12-36)51-18-20-52(21-19-51)35-13-15-37(16-14-35)57-24-38-25-58-43(59-38,26-53-28-47-27-48-53)39-17-8-33(44)22-40(39)45/h3-17,22,27-31,38,41,50H,18-21,23-26,46H2,1-2H3/t30-,31+,38+,41?,43+/m0/s1. The number of hydrogen-bond donors (Lipinski definition) is 2. The minimum Gasteiger partial charge on any atom is -0.491 e. The van der Waals surface area contributed by atoms with Crippen LogP contribution in [0.25, 0.3) is 5.69 Å². The average molecular weight is 807 g/mol. The summed E-state index contributed by atoms with van der Waals surface area (Å²) in [5.41, 5.74) is 9.99. The molecule has 0 aliphatic carbocycles. The van der Waals surface area contributed by atoms with Gasteiger partial charge in [-0.1, -0.05) is 30.3 Å². The number of nitrogens with one attached hydrogen (secondary N) is 1. The van der Waals surface area contributed by atoms with E-state index in [4.69, 9.17) is 19.9 Å². The third-order valence-corrected chi connectivity index (χ3v) is 11.2. The molecule has 2 aliphatic rings. The normalized spacial score (nSPS) is 19.8. The van der Waals surface area contributed by atoms with Crippen LogP contribution in [-0.4, -0.2) is 87.2 Å². The molecule has 2 saturated heterocycles. The topological polar surface area (TPSA) is 143 Å². The summed E-state index contributed by atoms with van der Waals surface area (Å²) in [7, 11) is 0. The van der Waals surface area contributed by atoms with E-state index >= 15 is 0 Å². The molecule has 59 heavy (non-hydrogen) atoms. The van der Waals surface area contributed by atoms with Crippen molar-refractivity contribution in [3.05, 3.63) is 149 Å². The number of hydrogen-bond acceptors (Lipinski definition) is 11. The highest BCUT2D eigenvalue weighted by atomic mass is 19.1. The van der Waals surface area contributed by atoms with E-state index in [1.54, 1.807) is 10.9 Å². The molecule has 0 spiro atoms. The van der Waals surface area contributed by atoms with Gasteiger partial charge in [0.1, 0.15) is 55.6 Å². The Hall–Kier alpha value is -5.94. The van der Waals surface area contributed by atoms with Crippen molar-refractivity contribution in [2.24, 2.45) is 5.73 Å². The lowest BCUT2D eigenvalue weighted by molar-refractivity contribution is -0.192. The fourth-order valence-corrected chi connectivity index (χ4v) is 7.70. The Morgan fingerprint density at radius 1 is 0.881 bits per heavy atom. The minimum atomic E-state index is -1.52. The zero-order valence-electron chi connectivity index (χ0n) is 33.0. The second kappa shape index (κ2) is 17.5. The van der Waals surface area contributed by atoms with Crippen LogP contribution in [0.2, 0.25) is 0 Å². The van der Waals surface area contributed by atoms with Crippen LogP contribution in [0.3, 0.4) is 0 Å². The summed E-state index contributed by atoms with van der Waals surface area (Å²) >= 11 is 0. The van der Waals surface area contributed by atoms with E-state index in [2.05, 4.69) is 30.3 Å². The Morgan fingerprint density at radius 2 is 1.56 bits per heavy atom. The van der Waals surface area contributed by atoms with Gasteiger partial charge in [0.05, 0.1) is 18.3 Å². The Morgan fingerprint density at radius 3 is 2.20 bits per heavy atom. The molecule has 2 aromatic heterocycles. The number of benzene rings is 4. The summed E-state index contributed by atoms with van der Waals surface area (Å²) < 4.78 is 51.6. The van der Waals surface area contributed by atoms with Crippen molar-refractivity contribution >= 4 is 11.4 Å². The van der Waals surface area contributed by atoms with E-state index < -0.39 is 23.5 Å². The highest BCUT2D eigenvalue weighted by Gasteiger charge is 2.46. The number of nitrogens with two attached hydrogens (primary N) is 1. The van der Waals surface area contributed by atoms with Crippen LogP contribution in [0.5, 0.6) is 5.75 Å². The predicted octanol–water partition coefficient (Wildman–Crippen LogP) is 4.82. The molecular weight excluding hydrogens is 759 g/mol. The van der Waals surface area contributed by atoms with Crippen LogP contribution in [0.4, 0.5) is 20.2 Å². The molecule has 0 radical (unpaired) electrons. The van der Waals surface area contributed by atoms with Gasteiger partial charge in [0.25, 0.3) is 0 Å². The van der Waals surface area contributed by atoms with Gasteiger partial charge in [0.2, 0.25) is 5.79 Å². The summed E-state index contributed by atoms with van der Waals surface area (Å²) in [5, 5.41) is 12.2. The second-order valence-corrected chi connectivity index (χ2v) is 14.9. The average Bonchev–Trinajstić information content (AvgIpc) is 4.03. The van der Waals surface area contributed by atoms with Gasteiger partial charge in [0, 0.05) is 67.8 Å². The van der Waals surface area contributed by atoms with Crippen molar-refractivity contribution in [2.75, 3.05) is 55.7 Å². The van der Waals surface area contributed by atoms with Gasteiger partial charge in [-0.15, -0.1) is 0 Å². The Kier molecular flexibility index (Phi) is 11.8. The maximum Gasteiger partial charge on any atom is 0.350 e. The molecule has 4 aromatic carbocycles. The molecule has 6 aromatic rings. The summed E-state index contributed by atoms with van der Waals surface area (Å²) in [4.78, 5) is 22.1. The van der Waals surface area contributed by atoms with Crippen molar-refractivity contribution in [3.8, 4) is 11.4 Å². The lowest BCUT2D eigenvalue weighted by Crippen LogP contribution is -2.46. The first-order chi connectivity index (χ1) is 28.7. The zero-order chi connectivity index (χ0) is 40.9. The Labute approximate surface area is 340 Å². The fraction of sp³-hybridized carbons (Fsp3) is 0.349. The monoisotopic (exact) mass is 806 g/mol. The molecule has 0 saturated carbocycles. The van der Waals surface area contributed by atoms with Crippen LogP contribution in [-0.2, 0) is 21.8 Å². The number of halogens is 2. The molecule has 3 N–H and O–H groups in total. The van der Waals surface area contributed by atoms with Crippen LogP contribution < -0.4 is 31.3 Å². The SMILES string of the molecule is C[C@H](NC(CN)c1ccccc1)[C@@H](C)n1ncn(-c2ccc(N3CCN(c4ccc(OC[C@@H]5CO[C@@](Cn6cncn6)(c6ccc(F)cc6F)O5)cc4)CC3)cc2)c1=O. The van der Waals surface area contributed by atoms with Crippen molar-refractivity contribution in [1.82, 2.24) is 34.4 Å². The molecule has 4 heterocycles. The number of nitrogens with zero attached hydrogens (tertiary/aromatic N) is 8. The molecule has 1 unspecified atom stereocenters. The molecular formula is C43H48F2N10O4. The van der Waals surface area contributed by atoms with E-state index in [0.717, 1.165) is 54.9 Å². The molecule has 14 nitrogen and oxygen atoms in total. The maximum absolute atomic E-state index is 14.9. The summed E-state index contributed by atoms with van der Waals surface area (Å²) in [6, 6.07) is 29.0. The quantitative estimate of drug-likeness (QED) is 0.148. The second-order valence-electron chi connectivity index (χ2n) is 14.9. The van der Waals surface area contributed by atoms with Crippen molar-refractivity contribution < 1.29 is 23.0 Å². The maximum atomic E-state index is 14.9. The number of rotatable bonds is 15. The van der Waals surface area contributed by atoms with Gasteiger partial charge in [-0.2, -0.15) is 10.2 Å². The van der Waals surface area contributed by atoms with E-state index in [1.165, 1.54) is 34.2 Å². The summed E-state index contributed by atoms with van der Waals surface area (Å²) in [5.74, 6) is -2.33. The van der Waals surface area contributed by atoms with Gasteiger partial charge in [-0.3, -0.25) is 0 Å². The predicted molar refractivity (Wildman–Crippen MR) is 219 cm³/mol. The Bertz CT molecular complexity index is 2340. The third-order valence-electron chi connectivity index (χ3n) is 11.2. The van der Waals surface area contributed by atoms with Gasteiger partial charge >= 0.3 is 5.69 Å². The first kappa shape index (κ1) is 39.9. The van der Waals surface area contributed by atoms with Crippen molar-refractivity contribution in [2.45, 2.75) is 50.4 Å². The summed E-state index contributed by atoms with van der Waals surface area (Å²) in [6.07, 6.45) is 3.91. The Balaban J connectivity index is 0.827. The van der Waals surface area contributed by atoms with Gasteiger partial charge in [-0.25, -0.2) is 32.5 Å². The summed E-state index contributed by atoms with van der Waals surface area (Å²) in [6.45, 7) is 8.11. The largest absolute Gasteiger partial charge is 0.491 e. The first-order valence-corrected chi connectivity index (χ1v) is 19.8. The molecule has 5 atom stereocenters. The highest BCUT2D eigenvalue weighted by molar-refractivity contribution is 5.54. The number of piperazine rings is 1. The van der Waals surface area contributed by atoms with E-state index in [-0.39, 0.29) is 49.1 Å². The van der Waals surface area contributed by atoms with Gasteiger partial charge in [0.15, 0.2) is 0 Å². The van der Waals surface area contributed by atoms with Crippen molar-refractivity contribution in [3.63, 3.8) is 0 Å². The lowest BCUT2D eigenvalue weighted by Gasteiger charge is -2.37. The van der Waals surface area contributed by atoms with Gasteiger partial charge in [-0.05, 0) is 80.1 Å².